The molecule has 1 aliphatic heterocycles. The minimum absolute atomic E-state index is 0.142. The second-order valence-electron chi connectivity index (χ2n) is 4.07. The van der Waals surface area contributed by atoms with E-state index in [0.717, 1.165) is 30.1 Å². The number of hydrogen-bond donors (Lipinski definition) is 1. The molecule has 1 heterocycles. The van der Waals surface area contributed by atoms with E-state index >= 15 is 0 Å². The van der Waals surface area contributed by atoms with Crippen molar-refractivity contribution in [1.82, 2.24) is 5.32 Å². The Morgan fingerprint density at radius 2 is 2.21 bits per heavy atom. The highest BCUT2D eigenvalue weighted by Crippen LogP contribution is 2.35. The van der Waals surface area contributed by atoms with Crippen molar-refractivity contribution in [2.45, 2.75) is 12.8 Å². The van der Waals surface area contributed by atoms with Crippen molar-refractivity contribution in [3.8, 4) is 17.2 Å². The summed E-state index contributed by atoms with van der Waals surface area (Å²) in [5.41, 5.74) is 0. The van der Waals surface area contributed by atoms with Gasteiger partial charge < -0.3 is 19.5 Å². The summed E-state index contributed by atoms with van der Waals surface area (Å²) >= 11 is 0. The highest BCUT2D eigenvalue weighted by atomic mass is 16.7. The van der Waals surface area contributed by atoms with Crippen LogP contribution in [0, 0.1) is 0 Å². The molecule has 5 nitrogen and oxygen atoms in total. The second kappa shape index (κ2) is 6.68. The molecular weight excluding hydrogens is 246 g/mol. The SMILES string of the molecule is C=CC(=O)NCCCCOc1ccc2c(c1)OCO2. The van der Waals surface area contributed by atoms with Crippen LogP contribution in [0.25, 0.3) is 0 Å². The fourth-order valence-corrected chi connectivity index (χ4v) is 1.67. The molecule has 0 unspecified atom stereocenters. The fraction of sp³-hybridized carbons (Fsp3) is 0.357. The molecule has 2 rings (SSSR count). The van der Waals surface area contributed by atoms with Gasteiger partial charge in [0.05, 0.1) is 6.61 Å². The molecule has 0 spiro atoms. The minimum atomic E-state index is -0.142. The first kappa shape index (κ1) is 13.3. The predicted octanol–water partition coefficient (Wildman–Crippen LogP) is 1.88. The number of nitrogens with one attached hydrogen (secondary N) is 1. The van der Waals surface area contributed by atoms with Crippen LogP contribution in [0.15, 0.2) is 30.9 Å². The summed E-state index contributed by atoms with van der Waals surface area (Å²) in [5.74, 6) is 2.09. The van der Waals surface area contributed by atoms with Gasteiger partial charge in [-0.25, -0.2) is 0 Å². The van der Waals surface area contributed by atoms with Crippen LogP contribution in [0.2, 0.25) is 0 Å². The smallest absolute Gasteiger partial charge is 0.243 e. The molecule has 19 heavy (non-hydrogen) atoms. The molecule has 0 aliphatic carbocycles. The van der Waals surface area contributed by atoms with E-state index in [4.69, 9.17) is 14.2 Å². The van der Waals surface area contributed by atoms with Gasteiger partial charge in [-0.3, -0.25) is 4.79 Å². The van der Waals surface area contributed by atoms with Gasteiger partial charge in [0.2, 0.25) is 12.7 Å². The van der Waals surface area contributed by atoms with E-state index in [0.29, 0.717) is 13.2 Å². The van der Waals surface area contributed by atoms with E-state index in [2.05, 4.69) is 11.9 Å². The van der Waals surface area contributed by atoms with Gasteiger partial charge in [0, 0.05) is 12.6 Å². The van der Waals surface area contributed by atoms with Crippen LogP contribution in [-0.2, 0) is 4.79 Å². The summed E-state index contributed by atoms with van der Waals surface area (Å²) in [6.07, 6.45) is 3.00. The minimum Gasteiger partial charge on any atom is -0.493 e. The standard InChI is InChI=1S/C14H17NO4/c1-2-14(16)15-7-3-4-8-17-11-5-6-12-13(9-11)19-10-18-12/h2,5-6,9H,1,3-4,7-8,10H2,(H,15,16). The third kappa shape index (κ3) is 3.91. The van der Waals surface area contributed by atoms with Crippen LogP contribution < -0.4 is 19.5 Å². The van der Waals surface area contributed by atoms with Crippen LogP contribution in [-0.4, -0.2) is 25.9 Å². The molecule has 0 aromatic heterocycles. The molecule has 0 bridgehead atoms. The topological polar surface area (TPSA) is 56.8 Å². The van der Waals surface area contributed by atoms with Crippen LogP contribution in [0.5, 0.6) is 17.2 Å². The monoisotopic (exact) mass is 263 g/mol. The highest BCUT2D eigenvalue weighted by molar-refractivity contribution is 5.86. The Hall–Kier alpha value is -2.17. The molecular formula is C14H17NO4. The highest BCUT2D eigenvalue weighted by Gasteiger charge is 2.13. The zero-order valence-electron chi connectivity index (χ0n) is 10.7. The Bertz CT molecular complexity index is 459. The van der Waals surface area contributed by atoms with E-state index < -0.39 is 0 Å². The summed E-state index contributed by atoms with van der Waals surface area (Å²) in [6, 6.07) is 5.51. The van der Waals surface area contributed by atoms with Gasteiger partial charge in [0.25, 0.3) is 0 Å². The zero-order valence-corrected chi connectivity index (χ0v) is 10.7. The number of fused-ring (bicyclic) bond motifs is 1. The lowest BCUT2D eigenvalue weighted by atomic mass is 10.3. The van der Waals surface area contributed by atoms with E-state index in [1.807, 2.05) is 18.2 Å². The van der Waals surface area contributed by atoms with E-state index in [-0.39, 0.29) is 12.7 Å². The maximum atomic E-state index is 10.9. The fourth-order valence-electron chi connectivity index (χ4n) is 1.67. The van der Waals surface area contributed by atoms with Gasteiger partial charge in [-0.1, -0.05) is 6.58 Å². The number of benzene rings is 1. The maximum Gasteiger partial charge on any atom is 0.243 e. The molecule has 0 fully saturated rings. The summed E-state index contributed by atoms with van der Waals surface area (Å²) < 4.78 is 16.1. The first-order valence-corrected chi connectivity index (χ1v) is 6.22. The molecule has 102 valence electrons. The van der Waals surface area contributed by atoms with Crippen LogP contribution in [0.4, 0.5) is 0 Å². The van der Waals surface area contributed by atoms with E-state index in [9.17, 15) is 4.79 Å². The lowest BCUT2D eigenvalue weighted by Crippen LogP contribution is -2.22. The zero-order chi connectivity index (χ0) is 13.5. The maximum absolute atomic E-state index is 10.9. The Kier molecular flexibility index (Phi) is 4.66. The molecule has 0 saturated heterocycles. The second-order valence-corrected chi connectivity index (χ2v) is 4.07. The van der Waals surface area contributed by atoms with Gasteiger partial charge in [-0.15, -0.1) is 0 Å². The average Bonchev–Trinajstić information content (AvgIpc) is 2.89. The lowest BCUT2D eigenvalue weighted by Gasteiger charge is -2.07. The van der Waals surface area contributed by atoms with Gasteiger partial charge in [-0.05, 0) is 31.1 Å². The van der Waals surface area contributed by atoms with Crippen molar-refractivity contribution in [2.24, 2.45) is 0 Å². The molecule has 1 amide bonds. The molecule has 0 saturated carbocycles. The van der Waals surface area contributed by atoms with Crippen LogP contribution >= 0.6 is 0 Å². The molecule has 0 radical (unpaired) electrons. The average molecular weight is 263 g/mol. The number of unbranched alkanes of at least 4 members (excludes halogenated alkanes) is 1. The Balaban J connectivity index is 1.63. The molecule has 1 aromatic carbocycles. The predicted molar refractivity (Wildman–Crippen MR) is 70.5 cm³/mol. The number of ether oxygens (including phenoxy) is 3. The molecule has 1 N–H and O–H groups in total. The molecule has 1 aliphatic rings. The number of amides is 1. The quantitative estimate of drug-likeness (QED) is 0.603. The van der Waals surface area contributed by atoms with Crippen molar-refractivity contribution in [3.63, 3.8) is 0 Å². The van der Waals surface area contributed by atoms with Crippen LogP contribution in [0.3, 0.4) is 0 Å². The summed E-state index contributed by atoms with van der Waals surface area (Å²) in [5, 5.41) is 2.72. The number of hydrogen-bond acceptors (Lipinski definition) is 4. The van der Waals surface area contributed by atoms with Crippen molar-refractivity contribution in [3.05, 3.63) is 30.9 Å². The summed E-state index contributed by atoms with van der Waals surface area (Å²) in [7, 11) is 0. The molecule has 0 atom stereocenters. The van der Waals surface area contributed by atoms with E-state index in [1.54, 1.807) is 0 Å². The van der Waals surface area contributed by atoms with Gasteiger partial charge in [0.15, 0.2) is 11.5 Å². The first-order chi connectivity index (χ1) is 9.29. The van der Waals surface area contributed by atoms with E-state index in [1.165, 1.54) is 6.08 Å². The molecule has 5 heteroatoms. The van der Waals surface area contributed by atoms with Gasteiger partial charge >= 0.3 is 0 Å². The van der Waals surface area contributed by atoms with Crippen LogP contribution in [0.1, 0.15) is 12.8 Å². The third-order valence-electron chi connectivity index (χ3n) is 2.67. The van der Waals surface area contributed by atoms with Gasteiger partial charge in [0.1, 0.15) is 5.75 Å². The number of rotatable bonds is 7. The van der Waals surface area contributed by atoms with Crippen molar-refractivity contribution < 1.29 is 19.0 Å². The van der Waals surface area contributed by atoms with Crippen molar-refractivity contribution >= 4 is 5.91 Å². The number of carbonyl (C=O) groups is 1. The van der Waals surface area contributed by atoms with Gasteiger partial charge in [-0.2, -0.15) is 0 Å². The third-order valence-corrected chi connectivity index (χ3v) is 2.67. The first-order valence-electron chi connectivity index (χ1n) is 6.22. The Morgan fingerprint density at radius 3 is 3.05 bits per heavy atom. The normalized spacial score (nSPS) is 12.0. The van der Waals surface area contributed by atoms with Crippen molar-refractivity contribution in [2.75, 3.05) is 19.9 Å². The lowest BCUT2D eigenvalue weighted by molar-refractivity contribution is -0.116. The summed E-state index contributed by atoms with van der Waals surface area (Å²) in [4.78, 5) is 10.9. The molecule has 1 aromatic rings. The van der Waals surface area contributed by atoms with Crippen molar-refractivity contribution in [1.29, 1.82) is 0 Å². The Labute approximate surface area is 112 Å². The summed E-state index contributed by atoms with van der Waals surface area (Å²) in [6.45, 7) is 4.89. The Morgan fingerprint density at radius 1 is 1.37 bits per heavy atom. The largest absolute Gasteiger partial charge is 0.493 e. The number of carbonyl (C=O) groups excluding carboxylic acids is 1.